The van der Waals surface area contributed by atoms with E-state index in [1.54, 1.807) is 30.3 Å². The highest BCUT2D eigenvalue weighted by Gasteiger charge is 2.18. The lowest BCUT2D eigenvalue weighted by atomic mass is 9.95. The van der Waals surface area contributed by atoms with Crippen LogP contribution in [0.5, 0.6) is 0 Å². The highest BCUT2D eigenvalue weighted by Crippen LogP contribution is 2.19. The van der Waals surface area contributed by atoms with E-state index < -0.39 is 0 Å². The predicted molar refractivity (Wildman–Crippen MR) is 139 cm³/mol. The Hall–Kier alpha value is -3.35. The molecule has 0 unspecified atom stereocenters. The summed E-state index contributed by atoms with van der Waals surface area (Å²) in [4.78, 5) is 40.0. The molecular formula is C28H36N4O3. The number of hydrogen-bond acceptors (Lipinski definition) is 4. The van der Waals surface area contributed by atoms with E-state index in [-0.39, 0.29) is 30.3 Å². The molecular weight excluding hydrogens is 440 g/mol. The second kappa shape index (κ2) is 12.4. The van der Waals surface area contributed by atoms with Crippen molar-refractivity contribution in [2.75, 3.05) is 30.3 Å². The van der Waals surface area contributed by atoms with Crippen LogP contribution in [-0.2, 0) is 4.79 Å². The van der Waals surface area contributed by atoms with Crippen LogP contribution in [0.2, 0.25) is 0 Å². The summed E-state index contributed by atoms with van der Waals surface area (Å²) in [5.41, 5.74) is 2.48. The molecule has 7 nitrogen and oxygen atoms in total. The third-order valence-corrected chi connectivity index (χ3v) is 6.80. The number of nitrogens with one attached hydrogen (secondary N) is 3. The topological polar surface area (TPSA) is 90.5 Å². The maximum atomic E-state index is 12.9. The summed E-state index contributed by atoms with van der Waals surface area (Å²) >= 11 is 0. The number of amides is 3. The monoisotopic (exact) mass is 476 g/mol. The molecule has 2 fully saturated rings. The molecule has 35 heavy (non-hydrogen) atoms. The van der Waals surface area contributed by atoms with Gasteiger partial charge in [0.05, 0.1) is 6.54 Å². The van der Waals surface area contributed by atoms with Crippen LogP contribution in [0.4, 0.5) is 11.4 Å². The third kappa shape index (κ3) is 7.31. The van der Waals surface area contributed by atoms with Crippen molar-refractivity contribution in [3.63, 3.8) is 0 Å². The maximum absolute atomic E-state index is 12.9. The standard InChI is InChI=1S/C28H36N4O3/c33-26(30-25-15-8-10-21(18-25)27(34)31-23-12-4-3-5-13-23)20-29-24-14-9-11-22(19-24)28(35)32-16-6-1-2-7-17-32/h8-11,14-15,18-19,23,29H,1-7,12-13,16-17,20H2,(H,30,33)(H,31,34). The Kier molecular flexibility index (Phi) is 8.76. The third-order valence-electron chi connectivity index (χ3n) is 6.80. The lowest BCUT2D eigenvalue weighted by Gasteiger charge is -2.22. The smallest absolute Gasteiger partial charge is 0.253 e. The largest absolute Gasteiger partial charge is 0.376 e. The quantitative estimate of drug-likeness (QED) is 0.535. The van der Waals surface area contributed by atoms with Gasteiger partial charge in [-0.1, -0.05) is 44.2 Å². The van der Waals surface area contributed by atoms with Crippen molar-refractivity contribution in [2.45, 2.75) is 63.8 Å². The van der Waals surface area contributed by atoms with Gasteiger partial charge in [-0.15, -0.1) is 0 Å². The molecule has 0 spiro atoms. The molecule has 186 valence electrons. The fourth-order valence-corrected chi connectivity index (χ4v) is 4.86. The molecule has 3 N–H and O–H groups in total. The number of carbonyl (C=O) groups is 3. The number of rotatable bonds is 7. The molecule has 0 radical (unpaired) electrons. The minimum absolute atomic E-state index is 0.0447. The van der Waals surface area contributed by atoms with Crippen LogP contribution in [0, 0.1) is 0 Å². The number of carbonyl (C=O) groups excluding carboxylic acids is 3. The Morgan fingerprint density at radius 1 is 0.771 bits per heavy atom. The van der Waals surface area contributed by atoms with Gasteiger partial charge in [-0.05, 0) is 62.1 Å². The minimum atomic E-state index is -0.223. The summed E-state index contributed by atoms with van der Waals surface area (Å²) < 4.78 is 0. The van der Waals surface area contributed by atoms with E-state index in [0.717, 1.165) is 57.3 Å². The molecule has 0 bridgehead atoms. The molecule has 1 saturated carbocycles. The van der Waals surface area contributed by atoms with Gasteiger partial charge in [-0.3, -0.25) is 14.4 Å². The molecule has 0 atom stereocenters. The number of hydrogen-bond donors (Lipinski definition) is 3. The molecule has 4 rings (SSSR count). The SMILES string of the molecule is O=C(CNc1cccc(C(=O)N2CCCCCC2)c1)Nc1cccc(C(=O)NC2CCCCC2)c1. The fraction of sp³-hybridized carbons (Fsp3) is 0.464. The Morgan fingerprint density at radius 3 is 2.14 bits per heavy atom. The van der Waals surface area contributed by atoms with Crippen LogP contribution in [-0.4, -0.2) is 48.3 Å². The molecule has 3 amide bonds. The van der Waals surface area contributed by atoms with E-state index in [4.69, 9.17) is 0 Å². The lowest BCUT2D eigenvalue weighted by Crippen LogP contribution is -2.36. The maximum Gasteiger partial charge on any atom is 0.253 e. The van der Waals surface area contributed by atoms with Gasteiger partial charge in [-0.2, -0.15) is 0 Å². The molecule has 1 aliphatic carbocycles. The van der Waals surface area contributed by atoms with E-state index >= 15 is 0 Å². The molecule has 1 saturated heterocycles. The van der Waals surface area contributed by atoms with Crippen LogP contribution < -0.4 is 16.0 Å². The number of nitrogens with zero attached hydrogens (tertiary/aromatic N) is 1. The second-order valence-electron chi connectivity index (χ2n) is 9.58. The number of anilines is 2. The fourth-order valence-electron chi connectivity index (χ4n) is 4.86. The first-order valence-electron chi connectivity index (χ1n) is 12.9. The number of likely N-dealkylation sites (tertiary alicyclic amines) is 1. The first kappa shape index (κ1) is 24.8. The first-order valence-corrected chi connectivity index (χ1v) is 12.9. The van der Waals surface area contributed by atoms with Gasteiger partial charge in [-0.25, -0.2) is 0 Å². The predicted octanol–water partition coefficient (Wildman–Crippen LogP) is 4.82. The zero-order valence-corrected chi connectivity index (χ0v) is 20.4. The zero-order valence-electron chi connectivity index (χ0n) is 20.4. The van der Waals surface area contributed by atoms with Crippen molar-refractivity contribution in [2.24, 2.45) is 0 Å². The van der Waals surface area contributed by atoms with E-state index in [1.165, 1.54) is 19.3 Å². The molecule has 7 heteroatoms. The molecule has 2 aromatic carbocycles. The first-order chi connectivity index (χ1) is 17.1. The normalized spacial score (nSPS) is 16.7. The van der Waals surface area contributed by atoms with E-state index in [0.29, 0.717) is 16.8 Å². The van der Waals surface area contributed by atoms with Crippen LogP contribution in [0.3, 0.4) is 0 Å². The Labute approximate surface area is 207 Å². The van der Waals surface area contributed by atoms with Crippen LogP contribution in [0.1, 0.15) is 78.5 Å². The van der Waals surface area contributed by atoms with Crippen LogP contribution >= 0.6 is 0 Å². The summed E-state index contributed by atoms with van der Waals surface area (Å²) in [6.07, 6.45) is 10.1. The Balaban J connectivity index is 1.29. The van der Waals surface area contributed by atoms with Gasteiger partial charge in [0.15, 0.2) is 0 Å². The average molecular weight is 477 g/mol. The Bertz CT molecular complexity index is 1020. The summed E-state index contributed by atoms with van der Waals surface area (Å²) in [5, 5.41) is 9.06. The molecule has 1 heterocycles. The van der Waals surface area contributed by atoms with Crippen molar-refractivity contribution in [3.05, 3.63) is 59.7 Å². The molecule has 1 aliphatic heterocycles. The molecule has 2 aliphatic rings. The van der Waals surface area contributed by atoms with Crippen LogP contribution in [0.25, 0.3) is 0 Å². The highest BCUT2D eigenvalue weighted by atomic mass is 16.2. The van der Waals surface area contributed by atoms with E-state index in [2.05, 4.69) is 16.0 Å². The van der Waals surface area contributed by atoms with Crippen LogP contribution in [0.15, 0.2) is 48.5 Å². The van der Waals surface area contributed by atoms with Crippen molar-refractivity contribution >= 4 is 29.1 Å². The van der Waals surface area contributed by atoms with Crippen molar-refractivity contribution in [1.82, 2.24) is 10.2 Å². The second-order valence-corrected chi connectivity index (χ2v) is 9.58. The van der Waals surface area contributed by atoms with Gasteiger partial charge in [0.1, 0.15) is 0 Å². The van der Waals surface area contributed by atoms with Gasteiger partial charge in [0.25, 0.3) is 11.8 Å². The molecule has 2 aromatic rings. The highest BCUT2D eigenvalue weighted by molar-refractivity contribution is 5.98. The summed E-state index contributed by atoms with van der Waals surface area (Å²) in [6, 6.07) is 14.6. The molecule has 0 aromatic heterocycles. The van der Waals surface area contributed by atoms with Gasteiger partial charge in [0.2, 0.25) is 5.91 Å². The summed E-state index contributed by atoms with van der Waals surface area (Å²) in [5.74, 6) is -0.278. The Morgan fingerprint density at radius 2 is 1.40 bits per heavy atom. The van der Waals surface area contributed by atoms with Gasteiger partial charge < -0.3 is 20.9 Å². The summed E-state index contributed by atoms with van der Waals surface area (Å²) in [7, 11) is 0. The number of benzene rings is 2. The minimum Gasteiger partial charge on any atom is -0.376 e. The average Bonchev–Trinajstić information content (AvgIpc) is 3.18. The zero-order chi connectivity index (χ0) is 24.5. The van der Waals surface area contributed by atoms with Gasteiger partial charge >= 0.3 is 0 Å². The van der Waals surface area contributed by atoms with Crippen molar-refractivity contribution < 1.29 is 14.4 Å². The van der Waals surface area contributed by atoms with Crippen molar-refractivity contribution in [3.8, 4) is 0 Å². The van der Waals surface area contributed by atoms with Crippen molar-refractivity contribution in [1.29, 1.82) is 0 Å². The van der Waals surface area contributed by atoms with E-state index in [1.807, 2.05) is 23.1 Å². The van der Waals surface area contributed by atoms with Gasteiger partial charge in [0, 0.05) is 41.6 Å². The van der Waals surface area contributed by atoms with E-state index in [9.17, 15) is 14.4 Å². The summed E-state index contributed by atoms with van der Waals surface area (Å²) in [6.45, 7) is 1.66. The lowest BCUT2D eigenvalue weighted by molar-refractivity contribution is -0.114.